The number of anilines is 4. The molecule has 1 fully saturated rings. The highest BCUT2D eigenvalue weighted by Crippen LogP contribution is 2.40. The van der Waals surface area contributed by atoms with Crippen LogP contribution in [0.1, 0.15) is 31.4 Å². The second-order valence-corrected chi connectivity index (χ2v) is 5.41. The summed E-state index contributed by atoms with van der Waals surface area (Å²) >= 11 is 0. The lowest BCUT2D eigenvalue weighted by Gasteiger charge is -2.10. The van der Waals surface area contributed by atoms with Crippen LogP contribution in [0.3, 0.4) is 0 Å². The number of hydrogen-bond donors (Lipinski definition) is 3. The lowest BCUT2D eigenvalue weighted by molar-refractivity contribution is -0.114. The van der Waals surface area contributed by atoms with Gasteiger partial charge in [0, 0.05) is 37.3 Å². The van der Waals surface area contributed by atoms with Crippen molar-refractivity contribution in [2.24, 2.45) is 0 Å². The molecule has 2 aromatic rings. The maximum Gasteiger partial charge on any atom is 0.224 e. The first-order valence-electron chi connectivity index (χ1n) is 7.35. The summed E-state index contributed by atoms with van der Waals surface area (Å²) in [7, 11) is 1.82. The molecule has 22 heavy (non-hydrogen) atoms. The largest absolute Gasteiger partial charge is 0.357 e. The third-order valence-electron chi connectivity index (χ3n) is 3.44. The van der Waals surface area contributed by atoms with Gasteiger partial charge in [0.2, 0.25) is 11.9 Å². The van der Waals surface area contributed by atoms with E-state index in [1.54, 1.807) is 0 Å². The maximum absolute atomic E-state index is 11.0. The molecule has 0 unspecified atom stereocenters. The number of nitrogens with one attached hydrogen (secondary N) is 3. The lowest BCUT2D eigenvalue weighted by Crippen LogP contribution is -2.06. The van der Waals surface area contributed by atoms with Gasteiger partial charge in [0.1, 0.15) is 5.82 Å². The predicted octanol–water partition coefficient (Wildman–Crippen LogP) is 3.10. The smallest absolute Gasteiger partial charge is 0.224 e. The zero-order chi connectivity index (χ0) is 15.5. The number of amides is 1. The van der Waals surface area contributed by atoms with Crippen LogP contribution in [0.5, 0.6) is 0 Å². The van der Waals surface area contributed by atoms with E-state index in [9.17, 15) is 4.79 Å². The summed E-state index contributed by atoms with van der Waals surface area (Å²) in [5.74, 6) is 1.89. The van der Waals surface area contributed by atoms with Crippen molar-refractivity contribution in [3.8, 4) is 0 Å². The molecule has 1 heterocycles. The van der Waals surface area contributed by atoms with E-state index in [0.29, 0.717) is 11.9 Å². The zero-order valence-corrected chi connectivity index (χ0v) is 12.7. The minimum Gasteiger partial charge on any atom is -0.357 e. The quantitative estimate of drug-likeness (QED) is 0.790. The van der Waals surface area contributed by atoms with Crippen LogP contribution in [0, 0.1) is 0 Å². The van der Waals surface area contributed by atoms with Crippen molar-refractivity contribution in [3.63, 3.8) is 0 Å². The molecule has 0 radical (unpaired) electrons. The summed E-state index contributed by atoms with van der Waals surface area (Å²) in [5, 5.41) is 9.02. The van der Waals surface area contributed by atoms with Gasteiger partial charge in [-0.05, 0) is 37.1 Å². The van der Waals surface area contributed by atoms with Gasteiger partial charge in [-0.15, -0.1) is 0 Å². The summed E-state index contributed by atoms with van der Waals surface area (Å²) in [6.07, 6.45) is 2.40. The Morgan fingerprint density at radius 2 is 1.82 bits per heavy atom. The molecular formula is C16H19N5O. The molecule has 3 rings (SSSR count). The molecule has 114 valence electrons. The first-order chi connectivity index (χ1) is 10.6. The minimum absolute atomic E-state index is 0.0794. The van der Waals surface area contributed by atoms with Crippen molar-refractivity contribution in [3.05, 3.63) is 36.0 Å². The number of hydrogen-bond acceptors (Lipinski definition) is 5. The SMILES string of the molecule is CNc1nc(Nc2ccc(NC(C)=O)cc2)cc(C2CC2)n1. The molecular weight excluding hydrogens is 278 g/mol. The van der Waals surface area contributed by atoms with Gasteiger partial charge < -0.3 is 16.0 Å². The molecule has 0 spiro atoms. The Morgan fingerprint density at radius 1 is 1.14 bits per heavy atom. The minimum atomic E-state index is -0.0794. The number of carbonyl (C=O) groups excluding carboxylic acids is 1. The summed E-state index contributed by atoms with van der Waals surface area (Å²) in [5.41, 5.74) is 2.77. The van der Waals surface area contributed by atoms with Crippen molar-refractivity contribution in [1.29, 1.82) is 0 Å². The summed E-state index contributed by atoms with van der Waals surface area (Å²) in [6, 6.07) is 9.52. The molecule has 6 heteroatoms. The molecule has 0 atom stereocenters. The fourth-order valence-electron chi connectivity index (χ4n) is 2.22. The van der Waals surface area contributed by atoms with E-state index in [4.69, 9.17) is 0 Å². The average Bonchev–Trinajstić information content (AvgIpc) is 3.33. The Hall–Kier alpha value is -2.63. The van der Waals surface area contributed by atoms with E-state index in [1.807, 2.05) is 37.4 Å². The molecule has 1 aliphatic carbocycles. The van der Waals surface area contributed by atoms with Gasteiger partial charge in [0.15, 0.2) is 0 Å². The molecule has 6 nitrogen and oxygen atoms in total. The topological polar surface area (TPSA) is 78.9 Å². The van der Waals surface area contributed by atoms with Crippen molar-refractivity contribution < 1.29 is 4.79 Å². The third-order valence-corrected chi connectivity index (χ3v) is 3.44. The highest BCUT2D eigenvalue weighted by molar-refractivity contribution is 5.88. The van der Waals surface area contributed by atoms with Crippen molar-refractivity contribution in [2.45, 2.75) is 25.7 Å². The van der Waals surface area contributed by atoms with Crippen LogP contribution >= 0.6 is 0 Å². The van der Waals surface area contributed by atoms with Crippen LogP contribution in [0.2, 0.25) is 0 Å². The van der Waals surface area contributed by atoms with Gasteiger partial charge in [-0.1, -0.05) is 0 Å². The van der Waals surface area contributed by atoms with Crippen molar-refractivity contribution in [1.82, 2.24) is 9.97 Å². The lowest BCUT2D eigenvalue weighted by atomic mass is 10.2. The van der Waals surface area contributed by atoms with Crippen LogP contribution < -0.4 is 16.0 Å². The zero-order valence-electron chi connectivity index (χ0n) is 12.7. The van der Waals surface area contributed by atoms with E-state index in [-0.39, 0.29) is 5.91 Å². The first kappa shape index (κ1) is 14.3. The van der Waals surface area contributed by atoms with Crippen LogP contribution in [-0.2, 0) is 4.79 Å². The Labute approximate surface area is 129 Å². The Kier molecular flexibility index (Phi) is 3.91. The molecule has 3 N–H and O–H groups in total. The van der Waals surface area contributed by atoms with Gasteiger partial charge in [-0.25, -0.2) is 4.98 Å². The monoisotopic (exact) mass is 297 g/mol. The van der Waals surface area contributed by atoms with E-state index < -0.39 is 0 Å². The molecule has 0 aliphatic heterocycles. The average molecular weight is 297 g/mol. The number of rotatable bonds is 5. The van der Waals surface area contributed by atoms with E-state index >= 15 is 0 Å². The maximum atomic E-state index is 11.0. The van der Waals surface area contributed by atoms with E-state index in [2.05, 4.69) is 25.9 Å². The fraction of sp³-hybridized carbons (Fsp3) is 0.312. The molecule has 1 aromatic carbocycles. The molecule has 1 amide bonds. The van der Waals surface area contributed by atoms with Crippen LogP contribution in [0.4, 0.5) is 23.1 Å². The molecule has 0 saturated heterocycles. The number of nitrogens with zero attached hydrogens (tertiary/aromatic N) is 2. The van der Waals surface area contributed by atoms with Gasteiger partial charge in [0.25, 0.3) is 0 Å². The molecule has 1 aliphatic rings. The summed E-state index contributed by atoms with van der Waals surface area (Å²) in [6.45, 7) is 1.49. The van der Waals surface area contributed by atoms with Gasteiger partial charge in [-0.2, -0.15) is 4.98 Å². The van der Waals surface area contributed by atoms with Gasteiger partial charge in [0.05, 0.1) is 5.69 Å². The second kappa shape index (κ2) is 6.01. The highest BCUT2D eigenvalue weighted by Gasteiger charge is 2.26. The molecule has 0 bridgehead atoms. The van der Waals surface area contributed by atoms with Crippen molar-refractivity contribution >= 4 is 29.0 Å². The Bertz CT molecular complexity index is 679. The van der Waals surface area contributed by atoms with Gasteiger partial charge in [-0.3, -0.25) is 4.79 Å². The Morgan fingerprint density at radius 3 is 2.41 bits per heavy atom. The number of benzene rings is 1. The number of carbonyl (C=O) groups is 1. The molecule has 1 saturated carbocycles. The predicted molar refractivity (Wildman–Crippen MR) is 87.6 cm³/mol. The third kappa shape index (κ3) is 3.52. The first-order valence-corrected chi connectivity index (χ1v) is 7.35. The molecule has 1 aromatic heterocycles. The van der Waals surface area contributed by atoms with Crippen LogP contribution in [0.15, 0.2) is 30.3 Å². The van der Waals surface area contributed by atoms with Gasteiger partial charge >= 0.3 is 0 Å². The summed E-state index contributed by atoms with van der Waals surface area (Å²) < 4.78 is 0. The van der Waals surface area contributed by atoms with Crippen LogP contribution in [0.25, 0.3) is 0 Å². The Balaban J connectivity index is 1.77. The van der Waals surface area contributed by atoms with E-state index in [0.717, 1.165) is 22.9 Å². The van der Waals surface area contributed by atoms with E-state index in [1.165, 1.54) is 19.8 Å². The highest BCUT2D eigenvalue weighted by atomic mass is 16.1. The van der Waals surface area contributed by atoms with Crippen LogP contribution in [-0.4, -0.2) is 22.9 Å². The normalized spacial score (nSPS) is 13.5. The number of aromatic nitrogens is 2. The standard InChI is InChI=1S/C16H19N5O/c1-10(22)18-12-5-7-13(8-6-12)19-15-9-14(11-3-4-11)20-16(17-2)21-15/h5-9,11H,3-4H2,1-2H3,(H,18,22)(H2,17,19,20,21). The second-order valence-electron chi connectivity index (χ2n) is 5.41. The summed E-state index contributed by atoms with van der Waals surface area (Å²) in [4.78, 5) is 19.9. The fourth-order valence-corrected chi connectivity index (χ4v) is 2.22. The van der Waals surface area contributed by atoms with Crippen molar-refractivity contribution in [2.75, 3.05) is 23.0 Å².